The molecule has 0 saturated carbocycles. The maximum Gasteiger partial charge on any atom is 0.258 e. The topological polar surface area (TPSA) is 37.8 Å². The van der Waals surface area contributed by atoms with E-state index in [1.807, 2.05) is 36.4 Å². The molecule has 0 spiro atoms. The molecule has 4 heteroatoms. The van der Waals surface area contributed by atoms with Crippen LogP contribution in [-0.2, 0) is 18.4 Å². The Morgan fingerprint density at radius 2 is 1.81 bits per heavy atom. The fourth-order valence-corrected chi connectivity index (χ4v) is 4.22. The molecule has 0 saturated heterocycles. The van der Waals surface area contributed by atoms with Crippen LogP contribution in [-0.4, -0.2) is 9.55 Å². The van der Waals surface area contributed by atoms with Crippen LogP contribution in [0.4, 0.5) is 0 Å². The Hall–Kier alpha value is -2.46. The standard InChI is InChI=1S/C22H22N2OS/c1-3-22(2)13-16-11-7-8-12-17(16)19-18(22)20(25)24(21(26)23-19)14-15-9-5-4-6-10-15/h4-12H,3,13-14H2,1-2H3,(H,23,26)/t22-/m1/s1. The first-order valence-corrected chi connectivity index (χ1v) is 9.44. The van der Waals surface area contributed by atoms with Gasteiger partial charge < -0.3 is 4.98 Å². The van der Waals surface area contributed by atoms with Crippen molar-refractivity contribution < 1.29 is 0 Å². The Balaban J connectivity index is 1.97. The van der Waals surface area contributed by atoms with Gasteiger partial charge in [0.05, 0.1) is 12.2 Å². The third-order valence-corrected chi connectivity index (χ3v) is 5.94. The molecule has 0 amide bonds. The van der Waals surface area contributed by atoms with Crippen molar-refractivity contribution in [1.82, 2.24) is 9.55 Å². The lowest BCUT2D eigenvalue weighted by atomic mass is 9.69. The predicted octanol–water partition coefficient (Wildman–Crippen LogP) is 4.84. The number of fused-ring (bicyclic) bond motifs is 3. The second kappa shape index (κ2) is 6.36. The lowest BCUT2D eigenvalue weighted by Gasteiger charge is -2.35. The van der Waals surface area contributed by atoms with Crippen molar-refractivity contribution in [2.75, 3.05) is 0 Å². The lowest BCUT2D eigenvalue weighted by molar-refractivity contribution is 0.434. The van der Waals surface area contributed by atoms with Crippen molar-refractivity contribution in [1.29, 1.82) is 0 Å². The van der Waals surface area contributed by atoms with Crippen LogP contribution >= 0.6 is 12.2 Å². The monoisotopic (exact) mass is 362 g/mol. The van der Waals surface area contributed by atoms with Gasteiger partial charge in [-0.15, -0.1) is 0 Å². The molecule has 0 fully saturated rings. The summed E-state index contributed by atoms with van der Waals surface area (Å²) in [5.74, 6) is 0. The molecular formula is C22H22N2OS. The number of hydrogen-bond acceptors (Lipinski definition) is 2. The maximum atomic E-state index is 13.5. The van der Waals surface area contributed by atoms with Crippen LogP contribution in [0.15, 0.2) is 59.4 Å². The second-order valence-corrected chi connectivity index (χ2v) is 7.69. The Bertz CT molecular complexity index is 1080. The van der Waals surface area contributed by atoms with Gasteiger partial charge in [0.2, 0.25) is 0 Å². The van der Waals surface area contributed by atoms with Gasteiger partial charge in [-0.05, 0) is 36.2 Å². The summed E-state index contributed by atoms with van der Waals surface area (Å²) < 4.78 is 2.18. The molecule has 4 rings (SSSR count). The highest BCUT2D eigenvalue weighted by atomic mass is 32.1. The summed E-state index contributed by atoms with van der Waals surface area (Å²) in [6.07, 6.45) is 1.78. The van der Waals surface area contributed by atoms with Crippen molar-refractivity contribution in [3.8, 4) is 11.3 Å². The summed E-state index contributed by atoms with van der Waals surface area (Å²) in [6, 6.07) is 18.3. The number of aromatic amines is 1. The van der Waals surface area contributed by atoms with Gasteiger partial charge in [-0.25, -0.2) is 0 Å². The third kappa shape index (κ3) is 2.65. The average Bonchev–Trinajstić information content (AvgIpc) is 2.65. The number of rotatable bonds is 3. The van der Waals surface area contributed by atoms with Crippen LogP contribution in [0.3, 0.4) is 0 Å². The van der Waals surface area contributed by atoms with E-state index in [0.29, 0.717) is 11.3 Å². The number of nitrogens with one attached hydrogen (secondary N) is 1. The number of aromatic nitrogens is 2. The summed E-state index contributed by atoms with van der Waals surface area (Å²) in [7, 11) is 0. The molecule has 0 bridgehead atoms. The largest absolute Gasteiger partial charge is 0.331 e. The molecule has 0 aliphatic heterocycles. The molecule has 3 nitrogen and oxygen atoms in total. The molecule has 3 aromatic rings. The van der Waals surface area contributed by atoms with E-state index in [1.54, 1.807) is 4.57 Å². The van der Waals surface area contributed by atoms with Crippen molar-refractivity contribution >= 4 is 12.2 Å². The van der Waals surface area contributed by atoms with E-state index >= 15 is 0 Å². The highest BCUT2D eigenvalue weighted by Gasteiger charge is 2.37. The molecule has 26 heavy (non-hydrogen) atoms. The number of nitrogens with zero attached hydrogens (tertiary/aromatic N) is 1. The number of benzene rings is 2. The fourth-order valence-electron chi connectivity index (χ4n) is 3.97. The molecule has 132 valence electrons. The average molecular weight is 362 g/mol. The van der Waals surface area contributed by atoms with Gasteiger partial charge in [-0.2, -0.15) is 0 Å². The minimum atomic E-state index is -0.196. The first-order chi connectivity index (χ1) is 12.5. The van der Waals surface area contributed by atoms with Crippen LogP contribution in [0.5, 0.6) is 0 Å². The minimum absolute atomic E-state index is 0.0338. The maximum absolute atomic E-state index is 13.5. The molecule has 1 aliphatic rings. The van der Waals surface area contributed by atoms with E-state index < -0.39 is 0 Å². The number of hydrogen-bond donors (Lipinski definition) is 1. The molecule has 1 heterocycles. The van der Waals surface area contributed by atoms with Crippen molar-refractivity contribution in [2.45, 2.75) is 38.6 Å². The Labute approximate surface area is 158 Å². The summed E-state index contributed by atoms with van der Waals surface area (Å²) in [5, 5.41) is 0. The van der Waals surface area contributed by atoms with Crippen molar-refractivity contribution in [2.24, 2.45) is 0 Å². The quantitative estimate of drug-likeness (QED) is 0.677. The van der Waals surface area contributed by atoms with Crippen LogP contribution in [0.25, 0.3) is 11.3 Å². The molecule has 1 N–H and O–H groups in total. The summed E-state index contributed by atoms with van der Waals surface area (Å²) in [6.45, 7) is 4.83. The third-order valence-electron chi connectivity index (χ3n) is 5.62. The molecule has 2 aromatic carbocycles. The van der Waals surface area contributed by atoms with Gasteiger partial charge in [0.1, 0.15) is 0 Å². The summed E-state index contributed by atoms with van der Waals surface area (Å²) >= 11 is 5.57. The predicted molar refractivity (Wildman–Crippen MR) is 108 cm³/mol. The molecule has 0 radical (unpaired) electrons. The van der Waals surface area contributed by atoms with Crippen LogP contribution in [0.1, 0.15) is 37.0 Å². The van der Waals surface area contributed by atoms with E-state index in [-0.39, 0.29) is 11.0 Å². The highest BCUT2D eigenvalue weighted by Crippen LogP contribution is 2.42. The first kappa shape index (κ1) is 17.0. The van der Waals surface area contributed by atoms with Gasteiger partial charge in [0, 0.05) is 16.5 Å². The van der Waals surface area contributed by atoms with Gasteiger partial charge in [-0.3, -0.25) is 9.36 Å². The smallest absolute Gasteiger partial charge is 0.258 e. The Morgan fingerprint density at radius 1 is 1.12 bits per heavy atom. The van der Waals surface area contributed by atoms with Gasteiger partial charge >= 0.3 is 0 Å². The zero-order chi connectivity index (χ0) is 18.3. The Morgan fingerprint density at radius 3 is 2.54 bits per heavy atom. The SMILES string of the molecule is CC[C@]1(C)Cc2ccccc2-c2[nH]c(=S)n(Cc3ccccc3)c(=O)c21. The van der Waals surface area contributed by atoms with Gasteiger partial charge in [-0.1, -0.05) is 68.4 Å². The van der Waals surface area contributed by atoms with Crippen LogP contribution < -0.4 is 5.56 Å². The van der Waals surface area contributed by atoms with E-state index in [9.17, 15) is 4.79 Å². The normalized spacial score (nSPS) is 18.2. The molecule has 1 aliphatic carbocycles. The van der Waals surface area contributed by atoms with E-state index in [4.69, 9.17) is 12.2 Å². The van der Waals surface area contributed by atoms with Crippen LogP contribution in [0.2, 0.25) is 0 Å². The number of H-pyrrole nitrogens is 1. The highest BCUT2D eigenvalue weighted by molar-refractivity contribution is 7.71. The Kier molecular flexibility index (Phi) is 4.16. The lowest BCUT2D eigenvalue weighted by Crippen LogP contribution is -2.39. The molecule has 1 aromatic heterocycles. The van der Waals surface area contributed by atoms with Crippen molar-refractivity contribution in [3.05, 3.63) is 86.4 Å². The zero-order valence-corrected chi connectivity index (χ0v) is 15.9. The minimum Gasteiger partial charge on any atom is -0.331 e. The second-order valence-electron chi connectivity index (χ2n) is 7.31. The van der Waals surface area contributed by atoms with Crippen molar-refractivity contribution in [3.63, 3.8) is 0 Å². The first-order valence-electron chi connectivity index (χ1n) is 9.03. The van der Waals surface area contributed by atoms with E-state index in [0.717, 1.165) is 35.2 Å². The fraction of sp³-hybridized carbons (Fsp3) is 0.273. The molecule has 1 atom stereocenters. The van der Waals surface area contributed by atoms with E-state index in [2.05, 4.69) is 37.0 Å². The molecule has 0 unspecified atom stereocenters. The summed E-state index contributed by atoms with van der Waals surface area (Å²) in [4.78, 5) is 16.9. The zero-order valence-electron chi connectivity index (χ0n) is 15.1. The summed E-state index contributed by atoms with van der Waals surface area (Å²) in [5.41, 5.74) is 5.05. The van der Waals surface area contributed by atoms with E-state index in [1.165, 1.54) is 5.56 Å². The van der Waals surface area contributed by atoms with Gasteiger partial charge in [0.25, 0.3) is 5.56 Å². The van der Waals surface area contributed by atoms with Gasteiger partial charge in [0.15, 0.2) is 4.77 Å². The van der Waals surface area contributed by atoms with Crippen LogP contribution in [0, 0.1) is 4.77 Å². The molecular weight excluding hydrogens is 340 g/mol.